The van der Waals surface area contributed by atoms with E-state index in [1.165, 1.54) is 5.56 Å². The third-order valence-corrected chi connectivity index (χ3v) is 6.27. The van der Waals surface area contributed by atoms with Gasteiger partial charge in [0.1, 0.15) is 12.4 Å². The highest BCUT2D eigenvalue weighted by atomic mass is 16.5. The minimum Gasteiger partial charge on any atom is -0.489 e. The van der Waals surface area contributed by atoms with Gasteiger partial charge >= 0.3 is 0 Å². The lowest BCUT2D eigenvalue weighted by Crippen LogP contribution is -2.31. The summed E-state index contributed by atoms with van der Waals surface area (Å²) in [6.45, 7) is 2.58. The predicted molar refractivity (Wildman–Crippen MR) is 131 cm³/mol. The number of hydrogen-bond donors (Lipinski definition) is 1. The highest BCUT2D eigenvalue weighted by molar-refractivity contribution is 5.85. The maximum absolute atomic E-state index is 11.2. The summed E-state index contributed by atoms with van der Waals surface area (Å²) in [4.78, 5) is 18.1. The maximum atomic E-state index is 11.2. The lowest BCUT2D eigenvalue weighted by atomic mass is 9.98. The standard InChI is InChI=1S/C28H27N3O2/c29-28(32)18-31-15-14-22(17-31)20-10-12-24(13-11-20)33-19-23-16-27(21-6-2-1-3-7-21)30-26-9-5-4-8-25(23)26/h1-13,16,22H,14-15,17-19H2,(H2,29,32). The molecule has 1 unspecified atom stereocenters. The number of para-hydroxylation sites is 1. The zero-order valence-corrected chi connectivity index (χ0v) is 18.5. The molecule has 1 atom stereocenters. The Morgan fingerprint density at radius 3 is 2.55 bits per heavy atom. The molecule has 4 aromatic rings. The van der Waals surface area contributed by atoms with Gasteiger partial charge in [0.15, 0.2) is 0 Å². The second-order valence-corrected chi connectivity index (χ2v) is 8.59. The number of nitrogens with zero attached hydrogens (tertiary/aromatic N) is 2. The van der Waals surface area contributed by atoms with Gasteiger partial charge in [-0.05, 0) is 48.7 Å². The molecule has 1 aliphatic heterocycles. The van der Waals surface area contributed by atoms with Crippen LogP contribution in [0, 0.1) is 0 Å². The van der Waals surface area contributed by atoms with Crippen LogP contribution in [0.25, 0.3) is 22.2 Å². The van der Waals surface area contributed by atoms with E-state index >= 15 is 0 Å². The molecule has 1 aromatic heterocycles. The van der Waals surface area contributed by atoms with Crippen molar-refractivity contribution in [3.63, 3.8) is 0 Å². The first-order chi connectivity index (χ1) is 16.2. The van der Waals surface area contributed by atoms with Crippen LogP contribution in [-0.2, 0) is 11.4 Å². The number of benzene rings is 3. The molecular formula is C28H27N3O2. The molecule has 5 nitrogen and oxygen atoms in total. The van der Waals surface area contributed by atoms with Gasteiger partial charge in [0.2, 0.25) is 5.91 Å². The molecule has 33 heavy (non-hydrogen) atoms. The third kappa shape index (κ3) is 4.89. The summed E-state index contributed by atoms with van der Waals surface area (Å²) < 4.78 is 6.18. The summed E-state index contributed by atoms with van der Waals surface area (Å²) in [7, 11) is 0. The van der Waals surface area contributed by atoms with Crippen molar-refractivity contribution in [1.29, 1.82) is 0 Å². The second kappa shape index (κ2) is 9.43. The topological polar surface area (TPSA) is 68.5 Å². The van der Waals surface area contributed by atoms with Crippen LogP contribution in [0.4, 0.5) is 0 Å². The summed E-state index contributed by atoms with van der Waals surface area (Å²) in [5.41, 5.74) is 10.7. The van der Waals surface area contributed by atoms with Crippen molar-refractivity contribution in [1.82, 2.24) is 9.88 Å². The minimum absolute atomic E-state index is 0.265. The molecule has 2 heterocycles. The fourth-order valence-corrected chi connectivity index (χ4v) is 4.59. The zero-order chi connectivity index (χ0) is 22.6. The summed E-state index contributed by atoms with van der Waals surface area (Å²) in [6, 6.07) is 28.9. The molecule has 1 saturated heterocycles. The number of nitrogens with two attached hydrogens (primary N) is 1. The van der Waals surface area contributed by atoms with Gasteiger partial charge in [-0.1, -0.05) is 60.7 Å². The Morgan fingerprint density at radius 1 is 1.00 bits per heavy atom. The fraction of sp³-hybridized carbons (Fsp3) is 0.214. The Morgan fingerprint density at radius 2 is 1.76 bits per heavy atom. The Labute approximate surface area is 193 Å². The van der Waals surface area contributed by atoms with Gasteiger partial charge in [-0.2, -0.15) is 0 Å². The first-order valence-electron chi connectivity index (χ1n) is 11.3. The highest BCUT2D eigenvalue weighted by Gasteiger charge is 2.24. The van der Waals surface area contributed by atoms with Crippen molar-refractivity contribution in [2.75, 3.05) is 19.6 Å². The molecule has 0 saturated carbocycles. The average molecular weight is 438 g/mol. The van der Waals surface area contributed by atoms with Crippen LogP contribution in [-0.4, -0.2) is 35.4 Å². The number of hydrogen-bond acceptors (Lipinski definition) is 4. The van der Waals surface area contributed by atoms with E-state index < -0.39 is 0 Å². The Bertz CT molecular complexity index is 1260. The second-order valence-electron chi connectivity index (χ2n) is 8.59. The van der Waals surface area contributed by atoms with Crippen LogP contribution in [0.15, 0.2) is 84.9 Å². The number of likely N-dealkylation sites (tertiary alicyclic amines) is 1. The maximum Gasteiger partial charge on any atom is 0.231 e. The minimum atomic E-state index is -0.265. The number of fused-ring (bicyclic) bond motifs is 1. The fourth-order valence-electron chi connectivity index (χ4n) is 4.59. The highest BCUT2D eigenvalue weighted by Crippen LogP contribution is 2.29. The van der Waals surface area contributed by atoms with E-state index in [-0.39, 0.29) is 5.91 Å². The number of carbonyl (C=O) groups excluding carboxylic acids is 1. The molecule has 0 aliphatic carbocycles. The molecule has 166 valence electrons. The quantitative estimate of drug-likeness (QED) is 0.453. The largest absolute Gasteiger partial charge is 0.489 e. The van der Waals surface area contributed by atoms with Crippen LogP contribution >= 0.6 is 0 Å². The number of carbonyl (C=O) groups is 1. The molecule has 2 N–H and O–H groups in total. The number of primary amides is 1. The lowest BCUT2D eigenvalue weighted by Gasteiger charge is -2.15. The normalized spacial score (nSPS) is 16.2. The Kier molecular flexibility index (Phi) is 6.05. The van der Waals surface area contributed by atoms with Crippen LogP contribution in [0.1, 0.15) is 23.5 Å². The van der Waals surface area contributed by atoms with E-state index in [1.54, 1.807) is 0 Å². The summed E-state index contributed by atoms with van der Waals surface area (Å²) in [5, 5.41) is 1.11. The van der Waals surface area contributed by atoms with Gasteiger partial charge < -0.3 is 10.5 Å². The number of amides is 1. The summed E-state index contributed by atoms with van der Waals surface area (Å²) in [6.07, 6.45) is 1.04. The summed E-state index contributed by atoms with van der Waals surface area (Å²) in [5.74, 6) is 1.00. The predicted octanol–water partition coefficient (Wildman–Crippen LogP) is 4.76. The number of ether oxygens (including phenoxy) is 1. The van der Waals surface area contributed by atoms with Crippen molar-refractivity contribution in [3.8, 4) is 17.0 Å². The SMILES string of the molecule is NC(=O)CN1CCC(c2ccc(OCc3cc(-c4ccccc4)nc4ccccc34)cc2)C1. The Hall–Kier alpha value is -3.70. The van der Waals surface area contributed by atoms with E-state index in [0.717, 1.165) is 53.0 Å². The van der Waals surface area contributed by atoms with E-state index in [0.29, 0.717) is 19.1 Å². The molecule has 0 radical (unpaired) electrons. The van der Waals surface area contributed by atoms with Crippen LogP contribution in [0.2, 0.25) is 0 Å². The van der Waals surface area contributed by atoms with Gasteiger partial charge in [0.05, 0.1) is 17.8 Å². The number of pyridine rings is 1. The van der Waals surface area contributed by atoms with Crippen molar-refractivity contribution in [2.24, 2.45) is 5.73 Å². The first kappa shape index (κ1) is 21.2. The molecule has 5 heteroatoms. The third-order valence-electron chi connectivity index (χ3n) is 6.27. The first-order valence-corrected chi connectivity index (χ1v) is 11.3. The van der Waals surface area contributed by atoms with Gasteiger partial charge in [-0.15, -0.1) is 0 Å². The Balaban J connectivity index is 1.31. The van der Waals surface area contributed by atoms with E-state index in [2.05, 4.69) is 41.3 Å². The number of aromatic nitrogens is 1. The van der Waals surface area contributed by atoms with Crippen LogP contribution < -0.4 is 10.5 Å². The van der Waals surface area contributed by atoms with Crippen molar-refractivity contribution < 1.29 is 9.53 Å². The molecule has 1 fully saturated rings. The monoisotopic (exact) mass is 437 g/mol. The van der Waals surface area contributed by atoms with Gasteiger partial charge in [-0.3, -0.25) is 9.69 Å². The lowest BCUT2D eigenvalue weighted by molar-refractivity contribution is -0.118. The molecule has 5 rings (SSSR count). The average Bonchev–Trinajstić information content (AvgIpc) is 3.31. The molecule has 1 amide bonds. The zero-order valence-electron chi connectivity index (χ0n) is 18.5. The molecule has 1 aliphatic rings. The molecular weight excluding hydrogens is 410 g/mol. The van der Waals surface area contributed by atoms with Gasteiger partial charge in [0.25, 0.3) is 0 Å². The summed E-state index contributed by atoms with van der Waals surface area (Å²) >= 11 is 0. The van der Waals surface area contributed by atoms with Crippen molar-refractivity contribution in [3.05, 3.63) is 96.1 Å². The van der Waals surface area contributed by atoms with E-state index in [9.17, 15) is 4.79 Å². The molecule has 3 aromatic carbocycles. The van der Waals surface area contributed by atoms with Crippen LogP contribution in [0.5, 0.6) is 5.75 Å². The van der Waals surface area contributed by atoms with Crippen LogP contribution in [0.3, 0.4) is 0 Å². The van der Waals surface area contributed by atoms with Crippen molar-refractivity contribution in [2.45, 2.75) is 18.9 Å². The smallest absolute Gasteiger partial charge is 0.231 e. The van der Waals surface area contributed by atoms with Gasteiger partial charge in [0, 0.05) is 23.1 Å². The van der Waals surface area contributed by atoms with Crippen molar-refractivity contribution >= 4 is 16.8 Å². The van der Waals surface area contributed by atoms with E-state index in [4.69, 9.17) is 15.5 Å². The molecule has 0 bridgehead atoms. The molecule has 0 spiro atoms. The van der Waals surface area contributed by atoms with E-state index in [1.807, 2.05) is 48.5 Å². The number of rotatable bonds is 7. The van der Waals surface area contributed by atoms with Gasteiger partial charge in [-0.25, -0.2) is 4.98 Å².